The molecule has 0 aromatic heterocycles. The zero-order valence-corrected chi connectivity index (χ0v) is 13.3. The number of hydrogen-bond acceptors (Lipinski definition) is 1. The van der Waals surface area contributed by atoms with Gasteiger partial charge in [0, 0.05) is 21.8 Å². The van der Waals surface area contributed by atoms with Crippen molar-refractivity contribution in [1.29, 1.82) is 0 Å². The van der Waals surface area contributed by atoms with E-state index in [4.69, 9.17) is 23.2 Å². The normalized spacial score (nSPS) is 12.8. The van der Waals surface area contributed by atoms with Crippen LogP contribution in [0.25, 0.3) is 0 Å². The molecular weight excluding hydrogens is 289 g/mol. The molecule has 0 aliphatic heterocycles. The highest BCUT2D eigenvalue weighted by atomic mass is 35.5. The third-order valence-corrected chi connectivity index (χ3v) is 3.95. The molecule has 0 fully saturated rings. The van der Waals surface area contributed by atoms with Crippen molar-refractivity contribution in [2.45, 2.75) is 26.8 Å². The molecule has 0 amide bonds. The fourth-order valence-electron chi connectivity index (χ4n) is 2.08. The average molecular weight is 306 g/mol. The highest BCUT2D eigenvalue weighted by Gasteiger charge is 2.11. The summed E-state index contributed by atoms with van der Waals surface area (Å²) in [6.07, 6.45) is 1.90. The van der Waals surface area contributed by atoms with Gasteiger partial charge in [-0.1, -0.05) is 53.0 Å². The van der Waals surface area contributed by atoms with Gasteiger partial charge < -0.3 is 0 Å². The minimum atomic E-state index is -0.0730. The fraction of sp³-hybridized carbons (Fsp3) is 0.235. The second-order valence-electron chi connectivity index (χ2n) is 4.95. The van der Waals surface area contributed by atoms with Crippen LogP contribution in [-0.2, 0) is 0 Å². The molecule has 0 aliphatic rings. The van der Waals surface area contributed by atoms with E-state index in [2.05, 4.69) is 37.0 Å². The monoisotopic (exact) mass is 305 g/mol. The van der Waals surface area contributed by atoms with Crippen LogP contribution in [0.5, 0.6) is 0 Å². The van der Waals surface area contributed by atoms with Gasteiger partial charge in [-0.25, -0.2) is 0 Å². The Morgan fingerprint density at radius 2 is 1.70 bits per heavy atom. The smallest absolute Gasteiger partial charge is 0.0750 e. The van der Waals surface area contributed by atoms with Crippen molar-refractivity contribution in [2.24, 2.45) is 4.99 Å². The molecule has 0 saturated heterocycles. The van der Waals surface area contributed by atoms with Crippen LogP contribution in [0.4, 0.5) is 0 Å². The predicted octanol–water partition coefficient (Wildman–Crippen LogP) is 5.79. The van der Waals surface area contributed by atoms with Crippen molar-refractivity contribution in [3.8, 4) is 0 Å². The minimum Gasteiger partial charge on any atom is -0.285 e. The van der Waals surface area contributed by atoms with Gasteiger partial charge in [-0.15, -0.1) is 0 Å². The summed E-state index contributed by atoms with van der Waals surface area (Å²) in [5, 5.41) is 1.31. The number of aliphatic imine (C=N–C) groups is 1. The van der Waals surface area contributed by atoms with Crippen molar-refractivity contribution in [3.05, 3.63) is 68.7 Å². The molecule has 0 N–H and O–H groups in total. The van der Waals surface area contributed by atoms with Crippen LogP contribution in [0.2, 0.25) is 10.0 Å². The number of halogens is 2. The minimum absolute atomic E-state index is 0.0730. The van der Waals surface area contributed by atoms with Gasteiger partial charge in [0.1, 0.15) is 0 Å². The molecule has 3 heteroatoms. The Labute approximate surface area is 130 Å². The van der Waals surface area contributed by atoms with Crippen molar-refractivity contribution in [1.82, 2.24) is 0 Å². The van der Waals surface area contributed by atoms with Crippen molar-refractivity contribution in [3.63, 3.8) is 0 Å². The third kappa shape index (κ3) is 3.41. The van der Waals surface area contributed by atoms with Crippen LogP contribution >= 0.6 is 23.2 Å². The second-order valence-corrected chi connectivity index (χ2v) is 5.76. The summed E-state index contributed by atoms with van der Waals surface area (Å²) >= 11 is 12.4. The Bertz CT molecular complexity index is 627. The molecule has 104 valence electrons. The predicted molar refractivity (Wildman–Crippen MR) is 88.4 cm³/mol. The van der Waals surface area contributed by atoms with Crippen molar-refractivity contribution >= 4 is 29.4 Å². The van der Waals surface area contributed by atoms with E-state index in [1.54, 1.807) is 0 Å². The molecule has 0 saturated carbocycles. The third-order valence-electron chi connectivity index (χ3n) is 3.29. The van der Waals surface area contributed by atoms with E-state index < -0.39 is 0 Å². The number of rotatable bonds is 3. The molecule has 1 nitrogen and oxygen atoms in total. The second kappa shape index (κ2) is 6.43. The van der Waals surface area contributed by atoms with Gasteiger partial charge in [0.2, 0.25) is 0 Å². The summed E-state index contributed by atoms with van der Waals surface area (Å²) in [5.41, 5.74) is 4.43. The summed E-state index contributed by atoms with van der Waals surface area (Å²) in [5.74, 6) is 0. The largest absolute Gasteiger partial charge is 0.285 e. The first-order valence-corrected chi connectivity index (χ1v) is 7.29. The van der Waals surface area contributed by atoms with Crippen LogP contribution in [0, 0.1) is 13.8 Å². The Morgan fingerprint density at radius 3 is 2.35 bits per heavy atom. The first kappa shape index (κ1) is 15.1. The molecule has 20 heavy (non-hydrogen) atoms. The van der Waals surface area contributed by atoms with Crippen LogP contribution in [0.15, 0.2) is 41.4 Å². The summed E-state index contributed by atoms with van der Waals surface area (Å²) in [4.78, 5) is 4.59. The maximum Gasteiger partial charge on any atom is 0.0750 e. The van der Waals surface area contributed by atoms with Crippen LogP contribution in [-0.4, -0.2) is 6.21 Å². The average Bonchev–Trinajstić information content (AvgIpc) is 2.39. The molecule has 1 atom stereocenters. The van der Waals surface area contributed by atoms with E-state index in [0.29, 0.717) is 10.0 Å². The van der Waals surface area contributed by atoms with Gasteiger partial charge in [0.05, 0.1) is 6.04 Å². The van der Waals surface area contributed by atoms with Gasteiger partial charge >= 0.3 is 0 Å². The number of aryl methyl sites for hydroxylation is 2. The fourth-order valence-corrected chi connectivity index (χ4v) is 2.79. The molecule has 0 aliphatic carbocycles. The van der Waals surface area contributed by atoms with Gasteiger partial charge in [-0.3, -0.25) is 4.99 Å². The van der Waals surface area contributed by atoms with E-state index in [0.717, 1.165) is 11.1 Å². The topological polar surface area (TPSA) is 12.4 Å². The highest BCUT2D eigenvalue weighted by Crippen LogP contribution is 2.32. The first-order valence-electron chi connectivity index (χ1n) is 6.53. The molecule has 0 spiro atoms. The Kier molecular flexibility index (Phi) is 4.85. The maximum atomic E-state index is 6.20. The Hall–Kier alpha value is -1.31. The lowest BCUT2D eigenvalue weighted by molar-refractivity contribution is 0.825. The van der Waals surface area contributed by atoms with Crippen LogP contribution < -0.4 is 0 Å². The van der Waals surface area contributed by atoms with Gasteiger partial charge in [0.25, 0.3) is 0 Å². The van der Waals surface area contributed by atoms with Gasteiger partial charge in [-0.05, 0) is 44.0 Å². The summed E-state index contributed by atoms with van der Waals surface area (Å²) in [6, 6.07) is 11.8. The molecule has 2 aromatic carbocycles. The molecule has 2 aromatic rings. The summed E-state index contributed by atoms with van der Waals surface area (Å²) < 4.78 is 0. The molecule has 0 radical (unpaired) electrons. The van der Waals surface area contributed by atoms with Gasteiger partial charge in [0.15, 0.2) is 0 Å². The van der Waals surface area contributed by atoms with Crippen molar-refractivity contribution in [2.75, 3.05) is 0 Å². The Balaban J connectivity index is 2.29. The van der Waals surface area contributed by atoms with E-state index in [1.807, 2.05) is 31.3 Å². The summed E-state index contributed by atoms with van der Waals surface area (Å²) in [7, 11) is 0. The van der Waals surface area contributed by atoms with Crippen LogP contribution in [0.3, 0.4) is 0 Å². The number of nitrogens with zero attached hydrogens (tertiary/aromatic N) is 1. The first-order chi connectivity index (χ1) is 9.49. The summed E-state index contributed by atoms with van der Waals surface area (Å²) in [6.45, 7) is 6.15. The van der Waals surface area contributed by atoms with E-state index >= 15 is 0 Å². The highest BCUT2D eigenvalue weighted by molar-refractivity contribution is 6.36. The lowest BCUT2D eigenvalue weighted by atomic mass is 10.1. The SMILES string of the molecule is Cc1ccc(C)c(C=NC(C)c2c(Cl)cccc2Cl)c1. The molecule has 0 heterocycles. The Morgan fingerprint density at radius 1 is 1.05 bits per heavy atom. The van der Waals surface area contributed by atoms with Gasteiger partial charge in [-0.2, -0.15) is 0 Å². The lowest BCUT2D eigenvalue weighted by Crippen LogP contribution is -1.95. The lowest BCUT2D eigenvalue weighted by Gasteiger charge is -2.11. The van der Waals surface area contributed by atoms with Crippen molar-refractivity contribution < 1.29 is 0 Å². The molecule has 2 rings (SSSR count). The number of hydrogen-bond donors (Lipinski definition) is 0. The zero-order valence-electron chi connectivity index (χ0n) is 11.8. The molecule has 0 bridgehead atoms. The molecular formula is C17H17Cl2N. The molecule has 1 unspecified atom stereocenters. The number of benzene rings is 2. The zero-order chi connectivity index (χ0) is 14.7. The van der Waals surface area contributed by atoms with Crippen LogP contribution in [0.1, 0.15) is 35.2 Å². The maximum absolute atomic E-state index is 6.20. The quantitative estimate of drug-likeness (QED) is 0.636. The standard InChI is InChI=1S/C17H17Cl2N/c1-11-7-8-12(2)14(9-11)10-20-13(3)17-15(18)5-4-6-16(17)19/h4-10,13H,1-3H3. The van der Waals surface area contributed by atoms with E-state index in [-0.39, 0.29) is 6.04 Å². The van der Waals surface area contributed by atoms with E-state index in [9.17, 15) is 0 Å². The van der Waals surface area contributed by atoms with E-state index in [1.165, 1.54) is 11.1 Å².